The number of benzene rings is 2. The molecule has 0 amide bonds. The second kappa shape index (κ2) is 8.74. The zero-order chi connectivity index (χ0) is 17.7. The summed E-state index contributed by atoms with van der Waals surface area (Å²) in [4.78, 5) is 11.9. The number of aromatic hydroxyl groups is 1. The number of esters is 1. The molecule has 0 bridgehead atoms. The lowest BCUT2D eigenvalue weighted by Gasteiger charge is -2.29. The lowest BCUT2D eigenvalue weighted by atomic mass is 9.80. The Hall–Kier alpha value is -2.24. The number of phenolic OH excluding ortho intramolecular Hbond substituents is 1. The van der Waals surface area contributed by atoms with Gasteiger partial charge in [-0.15, -0.1) is 12.4 Å². The van der Waals surface area contributed by atoms with Crippen LogP contribution < -0.4 is 10.5 Å². The molecule has 0 aliphatic carbocycles. The zero-order valence-electron chi connectivity index (χ0n) is 14.6. The first-order chi connectivity index (χ1) is 11.4. The molecule has 0 saturated carbocycles. The average Bonchev–Trinajstić information content (AvgIpc) is 2.59. The fourth-order valence-corrected chi connectivity index (χ4v) is 2.40. The Bertz CT molecular complexity index is 704. The van der Waals surface area contributed by atoms with Crippen LogP contribution in [0.1, 0.15) is 31.0 Å². The lowest BCUT2D eigenvalue weighted by Crippen LogP contribution is -2.37. The molecule has 5 nitrogen and oxygen atoms in total. The molecule has 0 aliphatic rings. The van der Waals surface area contributed by atoms with Crippen LogP contribution in [0.2, 0.25) is 0 Å². The largest absolute Gasteiger partial charge is 0.507 e. The van der Waals surface area contributed by atoms with Crippen LogP contribution in [0, 0.1) is 5.41 Å². The molecule has 0 fully saturated rings. The van der Waals surface area contributed by atoms with E-state index in [1.807, 2.05) is 30.3 Å². The standard InChI is InChI=1S/C19H23NO4.ClH/c1-19(2,18(22)23-3)17(20)15-10-9-14(11-16(15)21)24-12-13-7-5-4-6-8-13;/h4-11,17,21H,12,20H2,1-3H3;1H/t17-;/m0./s1. The maximum absolute atomic E-state index is 11.9. The van der Waals surface area contributed by atoms with E-state index in [4.69, 9.17) is 15.2 Å². The molecule has 3 N–H and O–H groups in total. The first-order valence-corrected chi connectivity index (χ1v) is 7.70. The number of rotatable bonds is 6. The van der Waals surface area contributed by atoms with Crippen LogP contribution >= 0.6 is 12.4 Å². The molecule has 0 heterocycles. The van der Waals surface area contributed by atoms with Gasteiger partial charge in [0, 0.05) is 17.7 Å². The van der Waals surface area contributed by atoms with Crippen molar-refractivity contribution >= 4 is 18.4 Å². The molecule has 0 spiro atoms. The van der Waals surface area contributed by atoms with Gasteiger partial charge in [0.2, 0.25) is 0 Å². The summed E-state index contributed by atoms with van der Waals surface area (Å²) in [5.74, 6) is 0.0898. The Morgan fingerprint density at radius 3 is 2.40 bits per heavy atom. The molecule has 136 valence electrons. The molecule has 2 aromatic rings. The number of nitrogens with two attached hydrogens (primary N) is 1. The van der Waals surface area contributed by atoms with Crippen molar-refractivity contribution in [3.05, 3.63) is 59.7 Å². The van der Waals surface area contributed by atoms with E-state index < -0.39 is 17.4 Å². The van der Waals surface area contributed by atoms with Crippen LogP contribution in [-0.2, 0) is 16.1 Å². The number of ether oxygens (including phenoxy) is 2. The predicted octanol–water partition coefficient (Wildman–Crippen LogP) is 3.59. The van der Waals surface area contributed by atoms with Crippen LogP contribution in [0.15, 0.2) is 48.5 Å². The maximum atomic E-state index is 11.9. The number of halogens is 1. The maximum Gasteiger partial charge on any atom is 0.313 e. The van der Waals surface area contributed by atoms with Gasteiger partial charge in [0.1, 0.15) is 18.1 Å². The minimum absolute atomic E-state index is 0. The van der Waals surface area contributed by atoms with Crippen molar-refractivity contribution in [2.75, 3.05) is 7.11 Å². The van der Waals surface area contributed by atoms with Crippen molar-refractivity contribution in [3.8, 4) is 11.5 Å². The van der Waals surface area contributed by atoms with Crippen molar-refractivity contribution in [1.29, 1.82) is 0 Å². The Morgan fingerprint density at radius 2 is 1.84 bits per heavy atom. The molecule has 2 rings (SSSR count). The third-order valence-electron chi connectivity index (χ3n) is 4.07. The summed E-state index contributed by atoms with van der Waals surface area (Å²) in [6, 6.07) is 13.9. The molecule has 25 heavy (non-hydrogen) atoms. The molecule has 0 aliphatic heterocycles. The van der Waals surface area contributed by atoms with Gasteiger partial charge < -0.3 is 20.3 Å². The second-order valence-corrected chi connectivity index (χ2v) is 6.19. The molecule has 0 radical (unpaired) electrons. The van der Waals surface area contributed by atoms with Crippen LogP contribution in [0.5, 0.6) is 11.5 Å². The number of hydrogen-bond acceptors (Lipinski definition) is 5. The van der Waals surface area contributed by atoms with Crippen molar-refractivity contribution in [1.82, 2.24) is 0 Å². The third-order valence-corrected chi connectivity index (χ3v) is 4.07. The van der Waals surface area contributed by atoms with E-state index in [1.54, 1.807) is 26.0 Å². The SMILES string of the molecule is COC(=O)C(C)(C)[C@@H](N)c1ccc(OCc2ccccc2)cc1O.Cl. The van der Waals surface area contributed by atoms with Gasteiger partial charge in [0.25, 0.3) is 0 Å². The number of hydrogen-bond donors (Lipinski definition) is 2. The lowest BCUT2D eigenvalue weighted by molar-refractivity contribution is -0.152. The smallest absolute Gasteiger partial charge is 0.313 e. The zero-order valence-corrected chi connectivity index (χ0v) is 15.4. The summed E-state index contributed by atoms with van der Waals surface area (Å²) in [7, 11) is 1.32. The van der Waals surface area contributed by atoms with E-state index in [0.717, 1.165) is 5.56 Å². The second-order valence-electron chi connectivity index (χ2n) is 6.19. The van der Waals surface area contributed by atoms with Gasteiger partial charge in [-0.3, -0.25) is 4.79 Å². The molecular weight excluding hydrogens is 342 g/mol. The third kappa shape index (κ3) is 4.87. The Morgan fingerprint density at radius 1 is 1.20 bits per heavy atom. The minimum atomic E-state index is -0.960. The van der Waals surface area contributed by atoms with E-state index in [2.05, 4.69) is 0 Å². The Balaban J connectivity index is 0.00000312. The van der Waals surface area contributed by atoms with E-state index in [0.29, 0.717) is 17.9 Å². The number of carbonyl (C=O) groups is 1. The normalized spacial score (nSPS) is 12.0. The summed E-state index contributed by atoms with van der Waals surface area (Å²) < 4.78 is 10.5. The minimum Gasteiger partial charge on any atom is -0.507 e. The van der Waals surface area contributed by atoms with Crippen molar-refractivity contribution in [2.45, 2.75) is 26.5 Å². The van der Waals surface area contributed by atoms with Crippen LogP contribution in [0.3, 0.4) is 0 Å². The van der Waals surface area contributed by atoms with Crippen molar-refractivity contribution in [2.24, 2.45) is 11.1 Å². The van der Waals surface area contributed by atoms with E-state index >= 15 is 0 Å². The van der Waals surface area contributed by atoms with Gasteiger partial charge in [0.05, 0.1) is 12.5 Å². The average molecular weight is 366 g/mol. The molecule has 0 aromatic heterocycles. The van der Waals surface area contributed by atoms with Crippen molar-refractivity contribution in [3.63, 3.8) is 0 Å². The Kier molecular flexibility index (Phi) is 7.27. The van der Waals surface area contributed by atoms with Crippen LogP contribution in [0.4, 0.5) is 0 Å². The molecule has 0 saturated heterocycles. The summed E-state index contributed by atoms with van der Waals surface area (Å²) in [5.41, 5.74) is 6.71. The fourth-order valence-electron chi connectivity index (χ4n) is 2.40. The summed E-state index contributed by atoms with van der Waals surface area (Å²) >= 11 is 0. The fraction of sp³-hybridized carbons (Fsp3) is 0.316. The van der Waals surface area contributed by atoms with Crippen LogP contribution in [-0.4, -0.2) is 18.2 Å². The van der Waals surface area contributed by atoms with E-state index in [9.17, 15) is 9.90 Å². The van der Waals surface area contributed by atoms with Gasteiger partial charge in [-0.2, -0.15) is 0 Å². The van der Waals surface area contributed by atoms with Crippen molar-refractivity contribution < 1.29 is 19.4 Å². The quantitative estimate of drug-likeness (QED) is 0.764. The van der Waals surface area contributed by atoms with Crippen LogP contribution in [0.25, 0.3) is 0 Å². The topological polar surface area (TPSA) is 81.8 Å². The van der Waals surface area contributed by atoms with Gasteiger partial charge >= 0.3 is 5.97 Å². The summed E-state index contributed by atoms with van der Waals surface area (Å²) in [6.45, 7) is 3.77. The number of carbonyl (C=O) groups excluding carboxylic acids is 1. The first kappa shape index (κ1) is 20.8. The molecular formula is C19H24ClNO4. The first-order valence-electron chi connectivity index (χ1n) is 7.70. The van der Waals surface area contributed by atoms with Gasteiger partial charge in [0.15, 0.2) is 0 Å². The molecule has 6 heteroatoms. The van der Waals surface area contributed by atoms with Gasteiger partial charge in [-0.25, -0.2) is 0 Å². The van der Waals surface area contributed by atoms with E-state index in [-0.39, 0.29) is 18.2 Å². The highest BCUT2D eigenvalue weighted by molar-refractivity contribution is 5.85. The number of phenols is 1. The highest BCUT2D eigenvalue weighted by Gasteiger charge is 2.37. The molecule has 0 unspecified atom stereocenters. The molecule has 2 aromatic carbocycles. The Labute approximate surface area is 154 Å². The highest BCUT2D eigenvalue weighted by atomic mass is 35.5. The predicted molar refractivity (Wildman–Crippen MR) is 98.9 cm³/mol. The van der Waals surface area contributed by atoms with Gasteiger partial charge in [-0.1, -0.05) is 36.4 Å². The molecule has 1 atom stereocenters. The summed E-state index contributed by atoms with van der Waals surface area (Å²) in [6.07, 6.45) is 0. The number of methoxy groups -OCH3 is 1. The monoisotopic (exact) mass is 365 g/mol. The highest BCUT2D eigenvalue weighted by Crippen LogP contribution is 2.38. The van der Waals surface area contributed by atoms with Gasteiger partial charge in [-0.05, 0) is 25.5 Å². The summed E-state index contributed by atoms with van der Waals surface area (Å²) in [5, 5.41) is 10.3. The van der Waals surface area contributed by atoms with E-state index in [1.165, 1.54) is 13.2 Å².